The van der Waals surface area contributed by atoms with Crippen LogP contribution < -0.4 is 5.32 Å². The Balaban J connectivity index is 1.26. The maximum absolute atomic E-state index is 12.5. The molecule has 10 nitrogen and oxygen atoms in total. The van der Waals surface area contributed by atoms with Crippen molar-refractivity contribution in [2.75, 3.05) is 13.1 Å². The first-order valence-electron chi connectivity index (χ1n) is 9.93. The molecule has 32 heavy (non-hydrogen) atoms. The molecular formula is C21H19N5O5S. The molecule has 0 aliphatic carbocycles. The van der Waals surface area contributed by atoms with E-state index in [9.17, 15) is 24.5 Å². The topological polar surface area (TPSA) is 138 Å². The molecular weight excluding hydrogens is 434 g/mol. The summed E-state index contributed by atoms with van der Waals surface area (Å²) in [5, 5.41) is 16.0. The van der Waals surface area contributed by atoms with Crippen LogP contribution in [0, 0.1) is 10.1 Å². The highest BCUT2D eigenvalue weighted by molar-refractivity contribution is 7.13. The lowest BCUT2D eigenvalue weighted by Crippen LogP contribution is -2.32. The van der Waals surface area contributed by atoms with Crippen molar-refractivity contribution in [2.24, 2.45) is 0 Å². The molecule has 3 aromatic rings. The van der Waals surface area contributed by atoms with Crippen LogP contribution >= 0.6 is 11.3 Å². The number of hydrogen-bond acceptors (Lipinski definition) is 7. The Morgan fingerprint density at radius 1 is 1.22 bits per heavy atom. The van der Waals surface area contributed by atoms with E-state index in [0.717, 1.165) is 21.2 Å². The van der Waals surface area contributed by atoms with Crippen LogP contribution in [-0.4, -0.2) is 50.6 Å². The summed E-state index contributed by atoms with van der Waals surface area (Å²) in [5.74, 6) is -1.47. The first kappa shape index (κ1) is 21.4. The minimum Gasteiger partial charge on any atom is -0.356 e. The van der Waals surface area contributed by atoms with Gasteiger partial charge in [0.15, 0.2) is 0 Å². The first-order chi connectivity index (χ1) is 15.5. The molecule has 0 radical (unpaired) electrons. The molecule has 0 unspecified atom stereocenters. The van der Waals surface area contributed by atoms with Crippen molar-refractivity contribution in [1.82, 2.24) is 20.2 Å². The van der Waals surface area contributed by atoms with E-state index >= 15 is 0 Å². The molecule has 0 spiro atoms. The van der Waals surface area contributed by atoms with Crippen molar-refractivity contribution >= 4 is 34.7 Å². The zero-order chi connectivity index (χ0) is 22.7. The smallest absolute Gasteiger partial charge is 0.282 e. The van der Waals surface area contributed by atoms with Crippen LogP contribution in [-0.2, 0) is 11.2 Å². The van der Waals surface area contributed by atoms with Gasteiger partial charge in [-0.2, -0.15) is 0 Å². The molecule has 2 aromatic heterocycles. The number of carbonyl (C=O) groups is 3. The van der Waals surface area contributed by atoms with Gasteiger partial charge in [-0.3, -0.25) is 29.4 Å². The number of nitrogens with zero attached hydrogens (tertiary/aromatic N) is 3. The van der Waals surface area contributed by atoms with Crippen LogP contribution in [0.3, 0.4) is 0 Å². The average molecular weight is 453 g/mol. The van der Waals surface area contributed by atoms with Crippen LogP contribution in [0.2, 0.25) is 0 Å². The van der Waals surface area contributed by atoms with Crippen molar-refractivity contribution in [1.29, 1.82) is 0 Å². The Bertz CT molecular complexity index is 1190. The lowest BCUT2D eigenvalue weighted by atomic mass is 10.1. The number of aromatic nitrogens is 2. The monoisotopic (exact) mass is 453 g/mol. The second kappa shape index (κ2) is 9.10. The van der Waals surface area contributed by atoms with E-state index in [2.05, 4.69) is 15.3 Å². The van der Waals surface area contributed by atoms with Crippen molar-refractivity contribution in [3.63, 3.8) is 0 Å². The van der Waals surface area contributed by atoms with E-state index in [1.165, 1.54) is 18.2 Å². The van der Waals surface area contributed by atoms with E-state index in [0.29, 0.717) is 13.0 Å². The molecule has 2 N–H and O–H groups in total. The summed E-state index contributed by atoms with van der Waals surface area (Å²) in [5.41, 5.74) is 1.25. The summed E-state index contributed by atoms with van der Waals surface area (Å²) in [6.45, 7) is 0.429. The van der Waals surface area contributed by atoms with Gasteiger partial charge in [-0.25, -0.2) is 4.98 Å². The Morgan fingerprint density at radius 2 is 2.06 bits per heavy atom. The van der Waals surface area contributed by atoms with Gasteiger partial charge in [0.2, 0.25) is 5.91 Å². The average Bonchev–Trinajstić information content (AvgIpc) is 3.51. The van der Waals surface area contributed by atoms with Crippen molar-refractivity contribution in [2.45, 2.75) is 19.3 Å². The maximum Gasteiger partial charge on any atom is 0.282 e. The highest BCUT2D eigenvalue weighted by Crippen LogP contribution is 2.30. The van der Waals surface area contributed by atoms with Gasteiger partial charge in [0, 0.05) is 37.7 Å². The second-order valence-electron chi connectivity index (χ2n) is 7.13. The summed E-state index contributed by atoms with van der Waals surface area (Å²) in [6, 6.07) is 7.91. The number of hydrogen-bond donors (Lipinski definition) is 2. The molecule has 1 aliphatic rings. The Hall–Kier alpha value is -3.86. The van der Waals surface area contributed by atoms with Gasteiger partial charge in [0.25, 0.3) is 17.5 Å². The summed E-state index contributed by atoms with van der Waals surface area (Å²) >= 11 is 1.59. The molecule has 4 rings (SSSR count). The number of thiophene rings is 1. The third-order valence-corrected chi connectivity index (χ3v) is 6.01. The summed E-state index contributed by atoms with van der Waals surface area (Å²) in [7, 11) is 0. The number of benzene rings is 1. The number of H-pyrrole nitrogens is 1. The highest BCUT2D eigenvalue weighted by Gasteiger charge is 2.40. The summed E-state index contributed by atoms with van der Waals surface area (Å²) in [4.78, 5) is 57.1. The van der Waals surface area contributed by atoms with Gasteiger partial charge in [-0.1, -0.05) is 12.1 Å². The van der Waals surface area contributed by atoms with Crippen molar-refractivity contribution < 1.29 is 19.3 Å². The summed E-state index contributed by atoms with van der Waals surface area (Å²) < 4.78 is 0. The number of carbonyl (C=O) groups excluding carboxylic acids is 3. The van der Waals surface area contributed by atoms with E-state index in [4.69, 9.17) is 0 Å². The predicted molar refractivity (Wildman–Crippen MR) is 116 cm³/mol. The molecule has 11 heteroatoms. The fraction of sp³-hybridized carbons (Fsp3) is 0.238. The number of fused-ring (bicyclic) bond motifs is 1. The standard InChI is InChI=1S/C21H19N5O5S/c27-17(22-9-8-14-19(24-12-23-14)16-6-3-11-32-16)7-2-10-25-20(28)13-4-1-5-15(26(30)31)18(13)21(25)29/h1,3-6,11-12H,2,7-10H2,(H,22,27)(H,23,24). The van der Waals surface area contributed by atoms with E-state index < -0.39 is 16.7 Å². The first-order valence-corrected chi connectivity index (χ1v) is 10.8. The minimum absolute atomic E-state index is 0.0139. The maximum atomic E-state index is 12.5. The number of nitro benzene ring substituents is 1. The van der Waals surface area contributed by atoms with Gasteiger partial charge in [0.05, 0.1) is 21.7 Å². The number of rotatable bonds is 9. The van der Waals surface area contributed by atoms with Crippen LogP contribution in [0.5, 0.6) is 0 Å². The van der Waals surface area contributed by atoms with E-state index in [1.54, 1.807) is 17.7 Å². The number of nitrogens with one attached hydrogen (secondary N) is 2. The third-order valence-electron chi connectivity index (χ3n) is 5.13. The Morgan fingerprint density at radius 3 is 2.81 bits per heavy atom. The molecule has 1 aliphatic heterocycles. The normalized spacial score (nSPS) is 12.8. The molecule has 164 valence electrons. The lowest BCUT2D eigenvalue weighted by Gasteiger charge is -2.13. The minimum atomic E-state index is -0.696. The zero-order valence-corrected chi connectivity index (χ0v) is 17.7. The fourth-order valence-electron chi connectivity index (χ4n) is 3.62. The number of imide groups is 1. The van der Waals surface area contributed by atoms with Crippen LogP contribution in [0.4, 0.5) is 5.69 Å². The largest absolute Gasteiger partial charge is 0.356 e. The van der Waals surface area contributed by atoms with Crippen molar-refractivity contribution in [3.05, 3.63) is 69.0 Å². The fourth-order valence-corrected chi connectivity index (χ4v) is 4.37. The van der Waals surface area contributed by atoms with E-state index in [1.807, 2.05) is 17.5 Å². The molecule has 3 amide bonds. The number of imidazole rings is 1. The van der Waals surface area contributed by atoms with Crippen LogP contribution in [0.15, 0.2) is 42.0 Å². The van der Waals surface area contributed by atoms with Gasteiger partial charge >= 0.3 is 0 Å². The van der Waals surface area contributed by atoms with Gasteiger partial charge in [-0.15, -0.1) is 11.3 Å². The van der Waals surface area contributed by atoms with Crippen LogP contribution in [0.25, 0.3) is 10.6 Å². The highest BCUT2D eigenvalue weighted by atomic mass is 32.1. The third kappa shape index (κ3) is 4.14. The lowest BCUT2D eigenvalue weighted by molar-refractivity contribution is -0.385. The second-order valence-corrected chi connectivity index (χ2v) is 8.08. The molecule has 0 fully saturated rings. The van der Waals surface area contributed by atoms with Gasteiger partial charge < -0.3 is 10.3 Å². The van der Waals surface area contributed by atoms with Crippen LogP contribution in [0.1, 0.15) is 39.3 Å². The summed E-state index contributed by atoms with van der Waals surface area (Å²) in [6.07, 6.45) is 2.59. The SMILES string of the molecule is O=C(CCCN1C(=O)c2cccc([N+](=O)[O-])c2C1=O)NCCc1[nH]cnc1-c1cccs1. The molecule has 0 saturated carbocycles. The van der Waals surface area contributed by atoms with Crippen molar-refractivity contribution in [3.8, 4) is 10.6 Å². The molecule has 1 aromatic carbocycles. The molecule has 0 atom stereocenters. The zero-order valence-electron chi connectivity index (χ0n) is 16.9. The number of amides is 3. The Labute approximate surface area is 186 Å². The number of nitro groups is 1. The quantitative estimate of drug-likeness (QED) is 0.290. The van der Waals surface area contributed by atoms with Gasteiger partial charge in [0.1, 0.15) is 11.3 Å². The number of aromatic amines is 1. The molecule has 0 saturated heterocycles. The van der Waals surface area contributed by atoms with Gasteiger partial charge in [-0.05, 0) is 23.9 Å². The predicted octanol–water partition coefficient (Wildman–Crippen LogP) is 2.78. The molecule has 3 heterocycles. The van der Waals surface area contributed by atoms with E-state index in [-0.39, 0.29) is 42.1 Å². The Kier molecular flexibility index (Phi) is 6.08. The molecule has 0 bridgehead atoms.